The van der Waals surface area contributed by atoms with Crippen LogP contribution >= 0.6 is 0 Å². The zero-order chi connectivity index (χ0) is 10.1. The van der Waals surface area contributed by atoms with E-state index in [0.29, 0.717) is 0 Å². The van der Waals surface area contributed by atoms with Crippen molar-refractivity contribution in [1.29, 1.82) is 0 Å². The first-order valence-electron chi connectivity index (χ1n) is 5.47. The van der Waals surface area contributed by atoms with Crippen LogP contribution in [0.5, 0.6) is 0 Å². The summed E-state index contributed by atoms with van der Waals surface area (Å²) in [4.78, 5) is 2.14. The van der Waals surface area contributed by atoms with E-state index in [1.807, 2.05) is 13.8 Å². The second kappa shape index (κ2) is 8.48. The Morgan fingerprint density at radius 3 is 2.31 bits per heavy atom. The summed E-state index contributed by atoms with van der Waals surface area (Å²) in [6.45, 7) is 10.1. The average molecular weight is 188 g/mol. The predicted octanol–water partition coefficient (Wildman–Crippen LogP) is 1.04. The van der Waals surface area contributed by atoms with Gasteiger partial charge in [0.2, 0.25) is 0 Å². The molecule has 0 saturated carbocycles. The summed E-state index contributed by atoms with van der Waals surface area (Å²) in [5, 5.41) is 12.8. The van der Waals surface area contributed by atoms with Gasteiger partial charge in [-0.2, -0.15) is 0 Å². The molecule has 1 atom stereocenters. The zero-order valence-corrected chi connectivity index (χ0v) is 9.21. The standard InChI is InChI=1S/C8H18N2O.C2H6/c1-2-3-8(11)10-6-4-9-5-7-10;1-2/h8-9,11H,2-7H2,1H3;1-2H3. The molecule has 1 heterocycles. The van der Waals surface area contributed by atoms with Crippen molar-refractivity contribution in [1.82, 2.24) is 10.2 Å². The highest BCUT2D eigenvalue weighted by molar-refractivity contribution is 4.69. The lowest BCUT2D eigenvalue weighted by Crippen LogP contribution is -2.48. The Kier molecular flexibility index (Phi) is 8.40. The van der Waals surface area contributed by atoms with Crippen LogP contribution in [0, 0.1) is 0 Å². The number of rotatable bonds is 3. The highest BCUT2D eigenvalue weighted by atomic mass is 16.3. The first-order chi connectivity index (χ1) is 6.34. The van der Waals surface area contributed by atoms with Crippen molar-refractivity contribution in [3.8, 4) is 0 Å². The molecule has 80 valence electrons. The Balaban J connectivity index is 0.000000671. The van der Waals surface area contributed by atoms with E-state index in [1.165, 1.54) is 0 Å². The first kappa shape index (κ1) is 12.9. The third-order valence-corrected chi connectivity index (χ3v) is 2.12. The van der Waals surface area contributed by atoms with Crippen LogP contribution in [0.3, 0.4) is 0 Å². The van der Waals surface area contributed by atoms with Gasteiger partial charge in [-0.1, -0.05) is 27.2 Å². The number of nitrogens with one attached hydrogen (secondary N) is 1. The van der Waals surface area contributed by atoms with Crippen molar-refractivity contribution in [3.63, 3.8) is 0 Å². The van der Waals surface area contributed by atoms with Gasteiger partial charge in [-0.25, -0.2) is 0 Å². The van der Waals surface area contributed by atoms with Crippen molar-refractivity contribution >= 4 is 0 Å². The molecule has 1 rings (SSSR count). The van der Waals surface area contributed by atoms with E-state index in [4.69, 9.17) is 0 Å². The molecule has 0 aromatic carbocycles. The van der Waals surface area contributed by atoms with Crippen molar-refractivity contribution in [2.45, 2.75) is 39.8 Å². The lowest BCUT2D eigenvalue weighted by molar-refractivity contribution is -0.00948. The van der Waals surface area contributed by atoms with E-state index in [2.05, 4.69) is 17.1 Å². The van der Waals surface area contributed by atoms with Gasteiger partial charge < -0.3 is 10.4 Å². The lowest BCUT2D eigenvalue weighted by Gasteiger charge is -2.31. The predicted molar refractivity (Wildman–Crippen MR) is 56.7 cm³/mol. The van der Waals surface area contributed by atoms with Crippen LogP contribution in [-0.4, -0.2) is 42.4 Å². The molecular formula is C10H24N2O. The fourth-order valence-corrected chi connectivity index (χ4v) is 1.42. The van der Waals surface area contributed by atoms with Gasteiger partial charge in [0, 0.05) is 26.2 Å². The zero-order valence-electron chi connectivity index (χ0n) is 9.21. The van der Waals surface area contributed by atoms with E-state index in [0.717, 1.165) is 39.0 Å². The van der Waals surface area contributed by atoms with Crippen molar-refractivity contribution in [3.05, 3.63) is 0 Å². The van der Waals surface area contributed by atoms with Gasteiger partial charge in [-0.15, -0.1) is 0 Å². The summed E-state index contributed by atoms with van der Waals surface area (Å²) >= 11 is 0. The van der Waals surface area contributed by atoms with Crippen LogP contribution in [0.15, 0.2) is 0 Å². The van der Waals surface area contributed by atoms with E-state index in [9.17, 15) is 5.11 Å². The number of hydrogen-bond donors (Lipinski definition) is 2. The Bertz CT molecular complexity index is 103. The third kappa shape index (κ3) is 5.24. The summed E-state index contributed by atoms with van der Waals surface area (Å²) in [7, 11) is 0. The molecule has 0 aliphatic carbocycles. The molecule has 0 radical (unpaired) electrons. The molecular weight excluding hydrogens is 164 g/mol. The SMILES string of the molecule is CC.CCCC(O)N1CCNCC1. The van der Waals surface area contributed by atoms with Crippen molar-refractivity contribution in [2.24, 2.45) is 0 Å². The third-order valence-electron chi connectivity index (χ3n) is 2.12. The van der Waals surface area contributed by atoms with Gasteiger partial charge in [0.05, 0.1) is 0 Å². The molecule has 0 aromatic heterocycles. The van der Waals surface area contributed by atoms with Gasteiger partial charge >= 0.3 is 0 Å². The average Bonchev–Trinajstić information content (AvgIpc) is 2.23. The quantitative estimate of drug-likeness (QED) is 0.694. The fraction of sp³-hybridized carbons (Fsp3) is 1.00. The van der Waals surface area contributed by atoms with Gasteiger partial charge in [0.25, 0.3) is 0 Å². The highest BCUT2D eigenvalue weighted by Gasteiger charge is 2.16. The molecule has 2 N–H and O–H groups in total. The highest BCUT2D eigenvalue weighted by Crippen LogP contribution is 2.04. The number of piperazine rings is 1. The van der Waals surface area contributed by atoms with E-state index < -0.39 is 0 Å². The Labute approximate surface area is 82.1 Å². The first-order valence-corrected chi connectivity index (χ1v) is 5.47. The minimum absolute atomic E-state index is 0.206. The monoisotopic (exact) mass is 188 g/mol. The number of aliphatic hydroxyl groups excluding tert-OH is 1. The smallest absolute Gasteiger partial charge is 0.107 e. The molecule has 1 unspecified atom stereocenters. The van der Waals surface area contributed by atoms with Gasteiger partial charge in [-0.05, 0) is 6.42 Å². The Morgan fingerprint density at radius 2 is 1.85 bits per heavy atom. The summed E-state index contributed by atoms with van der Waals surface area (Å²) in [5.74, 6) is 0. The molecule has 0 aromatic rings. The van der Waals surface area contributed by atoms with Crippen LogP contribution in [0.25, 0.3) is 0 Å². The number of nitrogens with zero attached hydrogens (tertiary/aromatic N) is 1. The summed E-state index contributed by atoms with van der Waals surface area (Å²) < 4.78 is 0. The second-order valence-corrected chi connectivity index (χ2v) is 3.06. The van der Waals surface area contributed by atoms with E-state index in [-0.39, 0.29) is 6.23 Å². The summed E-state index contributed by atoms with van der Waals surface area (Å²) in [5.41, 5.74) is 0. The van der Waals surface area contributed by atoms with E-state index in [1.54, 1.807) is 0 Å². The summed E-state index contributed by atoms with van der Waals surface area (Å²) in [6, 6.07) is 0. The maximum atomic E-state index is 9.57. The number of aliphatic hydroxyl groups is 1. The molecule has 1 aliphatic heterocycles. The molecule has 1 aliphatic rings. The van der Waals surface area contributed by atoms with Gasteiger partial charge in [0.15, 0.2) is 0 Å². The lowest BCUT2D eigenvalue weighted by atomic mass is 10.2. The van der Waals surface area contributed by atoms with Crippen LogP contribution < -0.4 is 5.32 Å². The number of hydrogen-bond acceptors (Lipinski definition) is 3. The maximum Gasteiger partial charge on any atom is 0.107 e. The molecule has 13 heavy (non-hydrogen) atoms. The Hall–Kier alpha value is -0.120. The largest absolute Gasteiger partial charge is 0.378 e. The second-order valence-electron chi connectivity index (χ2n) is 3.06. The van der Waals surface area contributed by atoms with Crippen molar-refractivity contribution in [2.75, 3.05) is 26.2 Å². The molecule has 0 spiro atoms. The van der Waals surface area contributed by atoms with Gasteiger partial charge in [-0.3, -0.25) is 4.90 Å². The van der Waals surface area contributed by atoms with Crippen molar-refractivity contribution < 1.29 is 5.11 Å². The van der Waals surface area contributed by atoms with Crippen LogP contribution in [0.4, 0.5) is 0 Å². The molecule has 1 saturated heterocycles. The topological polar surface area (TPSA) is 35.5 Å². The van der Waals surface area contributed by atoms with E-state index >= 15 is 0 Å². The van der Waals surface area contributed by atoms with Crippen LogP contribution in [-0.2, 0) is 0 Å². The summed E-state index contributed by atoms with van der Waals surface area (Å²) in [6.07, 6.45) is 1.76. The molecule has 0 bridgehead atoms. The minimum atomic E-state index is -0.206. The maximum absolute atomic E-state index is 9.57. The van der Waals surface area contributed by atoms with Crippen LogP contribution in [0.1, 0.15) is 33.6 Å². The Morgan fingerprint density at radius 1 is 1.31 bits per heavy atom. The molecule has 3 heteroatoms. The normalized spacial score (nSPS) is 20.3. The van der Waals surface area contributed by atoms with Crippen LogP contribution in [0.2, 0.25) is 0 Å². The fourth-order valence-electron chi connectivity index (χ4n) is 1.42. The molecule has 1 fully saturated rings. The van der Waals surface area contributed by atoms with Gasteiger partial charge in [0.1, 0.15) is 6.23 Å². The molecule has 3 nitrogen and oxygen atoms in total. The molecule has 0 amide bonds. The minimum Gasteiger partial charge on any atom is -0.378 e.